The average molecular weight is 462 g/mol. The standard InChI is InChI=1S/C20H20F6N4O2/c21-19(22,23)15-6-13(7-16(8-15)20(24,25)26)10-31-11-17(14-4-2-1-3-5-14)28-9-18-29-30(27)12-32-18/h1-8,17,28H,9-12,27H2/t17-/m1/s1. The van der Waals surface area contributed by atoms with E-state index >= 15 is 0 Å². The minimum absolute atomic E-state index is 0.0266. The molecule has 0 spiro atoms. The third-order valence-corrected chi connectivity index (χ3v) is 4.51. The number of benzene rings is 2. The van der Waals surface area contributed by atoms with Gasteiger partial charge in [0.2, 0.25) is 5.90 Å². The van der Waals surface area contributed by atoms with Gasteiger partial charge >= 0.3 is 12.4 Å². The second-order valence-corrected chi connectivity index (χ2v) is 6.98. The summed E-state index contributed by atoms with van der Waals surface area (Å²) in [5.41, 5.74) is -2.20. The van der Waals surface area contributed by atoms with Crippen LogP contribution in [-0.2, 0) is 28.4 Å². The normalized spacial score (nSPS) is 15.5. The van der Waals surface area contributed by atoms with E-state index in [-0.39, 0.29) is 31.5 Å². The zero-order valence-electron chi connectivity index (χ0n) is 16.6. The molecular weight excluding hydrogens is 442 g/mol. The van der Waals surface area contributed by atoms with Crippen LogP contribution in [0.5, 0.6) is 0 Å². The van der Waals surface area contributed by atoms with Gasteiger partial charge in [0, 0.05) is 0 Å². The molecular formula is C20H20F6N4O2. The minimum Gasteiger partial charge on any atom is -0.454 e. The van der Waals surface area contributed by atoms with E-state index in [0.717, 1.165) is 10.7 Å². The van der Waals surface area contributed by atoms with Crippen molar-refractivity contribution < 1.29 is 35.8 Å². The Morgan fingerprint density at radius 3 is 2.19 bits per heavy atom. The lowest BCUT2D eigenvalue weighted by atomic mass is 10.0. The van der Waals surface area contributed by atoms with Crippen LogP contribution in [0.4, 0.5) is 26.3 Å². The van der Waals surface area contributed by atoms with Crippen molar-refractivity contribution in [2.75, 3.05) is 19.9 Å². The molecule has 1 aliphatic rings. The molecule has 3 rings (SSSR count). The first-order valence-electron chi connectivity index (χ1n) is 9.39. The fourth-order valence-electron chi connectivity index (χ4n) is 2.99. The van der Waals surface area contributed by atoms with E-state index in [1.54, 1.807) is 30.3 Å². The molecule has 0 fully saturated rings. The lowest BCUT2D eigenvalue weighted by Gasteiger charge is -2.20. The third-order valence-electron chi connectivity index (χ3n) is 4.51. The fourth-order valence-corrected chi connectivity index (χ4v) is 2.99. The predicted molar refractivity (Wildman–Crippen MR) is 103 cm³/mol. The highest BCUT2D eigenvalue weighted by molar-refractivity contribution is 5.78. The maximum absolute atomic E-state index is 13.0. The summed E-state index contributed by atoms with van der Waals surface area (Å²) in [5, 5.41) is 8.18. The number of alkyl halides is 6. The van der Waals surface area contributed by atoms with Gasteiger partial charge in [-0.05, 0) is 29.3 Å². The predicted octanol–water partition coefficient (Wildman–Crippen LogP) is 4.05. The number of nitrogens with two attached hydrogens (primary N) is 1. The molecule has 0 bridgehead atoms. The molecule has 6 nitrogen and oxygen atoms in total. The van der Waals surface area contributed by atoms with E-state index < -0.39 is 36.1 Å². The smallest absolute Gasteiger partial charge is 0.416 e. The van der Waals surface area contributed by atoms with Crippen molar-refractivity contribution >= 4 is 5.90 Å². The van der Waals surface area contributed by atoms with E-state index in [0.29, 0.717) is 18.0 Å². The zero-order valence-corrected chi connectivity index (χ0v) is 16.6. The Labute approximate surface area is 179 Å². The van der Waals surface area contributed by atoms with Crippen molar-refractivity contribution in [1.29, 1.82) is 0 Å². The Bertz CT molecular complexity index is 902. The molecule has 2 aromatic rings. The highest BCUT2D eigenvalue weighted by atomic mass is 19.4. The Kier molecular flexibility index (Phi) is 7.26. The molecule has 1 atom stereocenters. The van der Waals surface area contributed by atoms with Crippen LogP contribution in [-0.4, -0.2) is 30.9 Å². The summed E-state index contributed by atoms with van der Waals surface area (Å²) in [7, 11) is 0. The van der Waals surface area contributed by atoms with Crippen LogP contribution in [0.15, 0.2) is 53.6 Å². The molecule has 0 saturated heterocycles. The molecule has 0 aromatic heterocycles. The van der Waals surface area contributed by atoms with Gasteiger partial charge in [-0.3, -0.25) is 5.32 Å². The summed E-state index contributed by atoms with van der Waals surface area (Å²) < 4.78 is 88.9. The molecule has 1 heterocycles. The number of hydrogen-bond acceptors (Lipinski definition) is 6. The monoisotopic (exact) mass is 462 g/mol. The Balaban J connectivity index is 1.70. The molecule has 3 N–H and O–H groups in total. The number of hydrazine groups is 1. The molecule has 0 unspecified atom stereocenters. The van der Waals surface area contributed by atoms with Gasteiger partial charge in [-0.25, -0.2) is 5.84 Å². The second-order valence-electron chi connectivity index (χ2n) is 6.98. The summed E-state index contributed by atoms with van der Waals surface area (Å²) in [6, 6.07) is 9.95. The van der Waals surface area contributed by atoms with Crippen molar-refractivity contribution in [3.63, 3.8) is 0 Å². The highest BCUT2D eigenvalue weighted by Crippen LogP contribution is 2.36. The van der Waals surface area contributed by atoms with Gasteiger partial charge < -0.3 is 9.47 Å². The summed E-state index contributed by atoms with van der Waals surface area (Å²) in [6.07, 6.45) is -9.83. The van der Waals surface area contributed by atoms with E-state index in [2.05, 4.69) is 10.4 Å². The molecule has 0 saturated carbocycles. The molecule has 1 aliphatic heterocycles. The van der Waals surface area contributed by atoms with Crippen molar-refractivity contribution in [2.24, 2.45) is 10.9 Å². The second kappa shape index (κ2) is 9.76. The van der Waals surface area contributed by atoms with Crippen molar-refractivity contribution in [2.45, 2.75) is 25.0 Å². The SMILES string of the molecule is NN1COC(CN[C@H](COCc2cc(C(F)(F)F)cc(C(F)(F)F)c2)c2ccccc2)=N1. The molecule has 174 valence electrons. The number of nitrogens with one attached hydrogen (secondary N) is 1. The summed E-state index contributed by atoms with van der Waals surface area (Å²) in [5.74, 6) is 5.82. The van der Waals surface area contributed by atoms with Gasteiger partial charge in [-0.2, -0.15) is 31.5 Å². The summed E-state index contributed by atoms with van der Waals surface area (Å²) >= 11 is 0. The van der Waals surface area contributed by atoms with E-state index in [9.17, 15) is 26.3 Å². The number of rotatable bonds is 8. The van der Waals surface area contributed by atoms with E-state index in [1.807, 2.05) is 0 Å². The third kappa shape index (κ3) is 6.58. The maximum Gasteiger partial charge on any atom is 0.416 e. The van der Waals surface area contributed by atoms with Crippen LogP contribution in [0, 0.1) is 0 Å². The Morgan fingerprint density at radius 2 is 1.66 bits per heavy atom. The average Bonchev–Trinajstić information content (AvgIpc) is 3.15. The van der Waals surface area contributed by atoms with Gasteiger partial charge in [-0.15, -0.1) is 5.10 Å². The molecule has 32 heavy (non-hydrogen) atoms. The fraction of sp³-hybridized carbons (Fsp3) is 0.350. The van der Waals surface area contributed by atoms with Gasteiger partial charge in [0.15, 0.2) is 6.73 Å². The lowest BCUT2D eigenvalue weighted by molar-refractivity contribution is -0.143. The quantitative estimate of drug-likeness (QED) is 0.458. The molecule has 0 amide bonds. The zero-order chi connectivity index (χ0) is 23.4. The van der Waals surface area contributed by atoms with Gasteiger partial charge in [0.1, 0.15) is 0 Å². The largest absolute Gasteiger partial charge is 0.454 e. The molecule has 2 aromatic carbocycles. The molecule has 0 radical (unpaired) electrons. The maximum atomic E-state index is 13.0. The molecule has 12 heteroatoms. The van der Waals surface area contributed by atoms with E-state index in [4.69, 9.17) is 15.3 Å². The Hall–Kier alpha value is -2.83. The minimum atomic E-state index is -4.91. The van der Waals surface area contributed by atoms with Crippen LogP contribution in [0.3, 0.4) is 0 Å². The summed E-state index contributed by atoms with van der Waals surface area (Å²) in [4.78, 5) is 0. The number of nitrogens with zero attached hydrogens (tertiary/aromatic N) is 2. The Morgan fingerprint density at radius 1 is 1.03 bits per heavy atom. The molecule has 0 aliphatic carbocycles. The number of ether oxygens (including phenoxy) is 2. The van der Waals surface area contributed by atoms with Crippen LogP contribution >= 0.6 is 0 Å². The lowest BCUT2D eigenvalue weighted by Crippen LogP contribution is -2.30. The number of hydrogen-bond donors (Lipinski definition) is 2. The van der Waals surface area contributed by atoms with Crippen LogP contribution in [0.1, 0.15) is 28.3 Å². The van der Waals surface area contributed by atoms with E-state index in [1.165, 1.54) is 0 Å². The van der Waals surface area contributed by atoms with Gasteiger partial charge in [-0.1, -0.05) is 30.3 Å². The van der Waals surface area contributed by atoms with Crippen molar-refractivity contribution in [3.8, 4) is 0 Å². The number of halogens is 6. The first kappa shape index (κ1) is 23.8. The first-order chi connectivity index (χ1) is 15.0. The van der Waals surface area contributed by atoms with Crippen LogP contribution in [0.2, 0.25) is 0 Å². The topological polar surface area (TPSA) is 72.1 Å². The van der Waals surface area contributed by atoms with Crippen LogP contribution in [0.25, 0.3) is 0 Å². The van der Waals surface area contributed by atoms with Gasteiger partial charge in [0.25, 0.3) is 0 Å². The van der Waals surface area contributed by atoms with Crippen LogP contribution < -0.4 is 11.2 Å². The summed E-state index contributed by atoms with van der Waals surface area (Å²) in [6.45, 7) is -0.174. The van der Waals surface area contributed by atoms with Gasteiger partial charge in [0.05, 0.1) is 36.9 Å². The first-order valence-corrected chi connectivity index (χ1v) is 9.39. The van der Waals surface area contributed by atoms with Crippen molar-refractivity contribution in [3.05, 3.63) is 70.8 Å². The number of hydrazone groups is 1. The van der Waals surface area contributed by atoms with Crippen molar-refractivity contribution in [1.82, 2.24) is 10.4 Å². The highest BCUT2D eigenvalue weighted by Gasteiger charge is 2.36.